The zero-order chi connectivity index (χ0) is 15.4. The van der Waals surface area contributed by atoms with Crippen LogP contribution in [0.4, 0.5) is 11.4 Å². The van der Waals surface area contributed by atoms with Crippen LogP contribution in [0, 0.1) is 6.92 Å². The van der Waals surface area contributed by atoms with Crippen molar-refractivity contribution in [1.82, 2.24) is 0 Å². The number of nitrogens with two attached hydrogens (primary N) is 1. The largest absolute Gasteiger partial charge is 0.495 e. The Morgan fingerprint density at radius 2 is 2.00 bits per heavy atom. The Kier molecular flexibility index (Phi) is 4.48. The van der Waals surface area contributed by atoms with Crippen LogP contribution in [0.1, 0.15) is 24.0 Å². The molecule has 2 aromatic rings. The molecule has 2 rings (SSSR count). The summed E-state index contributed by atoms with van der Waals surface area (Å²) in [5.74, 6) is 0.261. The predicted octanol–water partition coefficient (Wildman–Crippen LogP) is 3.33. The van der Waals surface area contributed by atoms with E-state index >= 15 is 0 Å². The first-order valence-electron chi connectivity index (χ1n) is 6.82. The molecule has 4 nitrogen and oxygen atoms in total. The molecule has 0 aliphatic rings. The molecule has 0 radical (unpaired) electrons. The van der Waals surface area contributed by atoms with Crippen LogP contribution in [0.5, 0.6) is 5.75 Å². The van der Waals surface area contributed by atoms with Gasteiger partial charge in [0.25, 0.3) is 0 Å². The summed E-state index contributed by atoms with van der Waals surface area (Å²) in [5, 5.41) is 2.92. The molecule has 1 atom stereocenters. The molecule has 0 heterocycles. The molecule has 1 amide bonds. The van der Waals surface area contributed by atoms with Crippen LogP contribution >= 0.6 is 0 Å². The molecule has 3 N–H and O–H groups in total. The third-order valence-electron chi connectivity index (χ3n) is 3.42. The molecule has 0 saturated heterocycles. The van der Waals surface area contributed by atoms with Gasteiger partial charge in [-0.1, -0.05) is 18.2 Å². The summed E-state index contributed by atoms with van der Waals surface area (Å²) < 4.78 is 5.27. The average Bonchev–Trinajstić information content (AvgIpc) is 2.46. The number of hydrogen-bond donors (Lipinski definition) is 2. The summed E-state index contributed by atoms with van der Waals surface area (Å²) in [7, 11) is 1.58. The van der Waals surface area contributed by atoms with Crippen molar-refractivity contribution >= 4 is 17.3 Å². The minimum atomic E-state index is -0.293. The average molecular weight is 284 g/mol. The maximum Gasteiger partial charge on any atom is 0.231 e. The molecule has 4 heteroatoms. The van der Waals surface area contributed by atoms with Gasteiger partial charge in [0.05, 0.1) is 18.7 Å². The molecule has 0 aliphatic heterocycles. The van der Waals surface area contributed by atoms with Gasteiger partial charge >= 0.3 is 0 Å². The van der Waals surface area contributed by atoms with E-state index in [9.17, 15) is 4.79 Å². The second-order valence-electron chi connectivity index (χ2n) is 5.08. The molecule has 0 bridgehead atoms. The Labute approximate surface area is 124 Å². The van der Waals surface area contributed by atoms with Gasteiger partial charge in [0.2, 0.25) is 5.91 Å². The molecule has 0 aliphatic carbocycles. The number of carbonyl (C=O) groups excluding carboxylic acids is 1. The number of hydrogen-bond acceptors (Lipinski definition) is 3. The van der Waals surface area contributed by atoms with E-state index in [2.05, 4.69) is 5.32 Å². The van der Waals surface area contributed by atoms with Crippen molar-refractivity contribution in [3.8, 4) is 5.75 Å². The highest BCUT2D eigenvalue weighted by molar-refractivity contribution is 5.97. The minimum absolute atomic E-state index is 0.0931. The van der Waals surface area contributed by atoms with Gasteiger partial charge in [0.1, 0.15) is 5.75 Å². The standard InChI is InChI=1S/C17H20N2O2/c1-11-7-8-16(21-3)15(9-11)19-17(20)12(2)13-5-4-6-14(18)10-13/h4-10,12H,18H2,1-3H3,(H,19,20). The Hall–Kier alpha value is -2.49. The lowest BCUT2D eigenvalue weighted by molar-refractivity contribution is -0.117. The first kappa shape index (κ1) is 14.9. The number of benzene rings is 2. The summed E-state index contributed by atoms with van der Waals surface area (Å²) >= 11 is 0. The Balaban J connectivity index is 2.20. The van der Waals surface area contributed by atoms with Crippen LogP contribution < -0.4 is 15.8 Å². The fourth-order valence-corrected chi connectivity index (χ4v) is 2.14. The van der Waals surface area contributed by atoms with E-state index in [4.69, 9.17) is 10.5 Å². The van der Waals surface area contributed by atoms with Crippen molar-refractivity contribution in [3.05, 3.63) is 53.6 Å². The van der Waals surface area contributed by atoms with Crippen LogP contribution in [-0.2, 0) is 4.79 Å². The van der Waals surface area contributed by atoms with Gasteiger partial charge in [0.15, 0.2) is 0 Å². The van der Waals surface area contributed by atoms with Crippen molar-refractivity contribution in [2.24, 2.45) is 0 Å². The highest BCUT2D eigenvalue weighted by Gasteiger charge is 2.17. The summed E-state index contributed by atoms with van der Waals surface area (Å²) in [6.07, 6.45) is 0. The lowest BCUT2D eigenvalue weighted by Crippen LogP contribution is -2.19. The van der Waals surface area contributed by atoms with E-state index in [1.807, 2.05) is 50.2 Å². The summed E-state index contributed by atoms with van der Waals surface area (Å²) in [5.41, 5.74) is 9.04. The lowest BCUT2D eigenvalue weighted by Gasteiger charge is -2.15. The Bertz CT molecular complexity index is 653. The third-order valence-corrected chi connectivity index (χ3v) is 3.42. The van der Waals surface area contributed by atoms with Gasteiger partial charge in [-0.3, -0.25) is 4.79 Å². The quantitative estimate of drug-likeness (QED) is 0.846. The number of rotatable bonds is 4. The Morgan fingerprint density at radius 1 is 1.24 bits per heavy atom. The van der Waals surface area contributed by atoms with Gasteiger partial charge < -0.3 is 15.8 Å². The SMILES string of the molecule is COc1ccc(C)cc1NC(=O)C(C)c1cccc(N)c1. The first-order valence-corrected chi connectivity index (χ1v) is 6.82. The number of aryl methyl sites for hydroxylation is 1. The van der Waals surface area contributed by atoms with Crippen molar-refractivity contribution in [3.63, 3.8) is 0 Å². The molecular weight excluding hydrogens is 264 g/mol. The van der Waals surface area contributed by atoms with Gasteiger partial charge in [-0.15, -0.1) is 0 Å². The number of ether oxygens (including phenoxy) is 1. The maximum absolute atomic E-state index is 12.4. The van der Waals surface area contributed by atoms with E-state index in [-0.39, 0.29) is 11.8 Å². The molecule has 0 fully saturated rings. The highest BCUT2D eigenvalue weighted by Crippen LogP contribution is 2.27. The maximum atomic E-state index is 12.4. The van der Waals surface area contributed by atoms with Gasteiger partial charge in [-0.25, -0.2) is 0 Å². The van der Waals surface area contributed by atoms with Crippen molar-refractivity contribution in [1.29, 1.82) is 0 Å². The van der Waals surface area contributed by atoms with Gasteiger partial charge in [0, 0.05) is 5.69 Å². The highest BCUT2D eigenvalue weighted by atomic mass is 16.5. The van der Waals surface area contributed by atoms with Crippen molar-refractivity contribution in [2.45, 2.75) is 19.8 Å². The molecule has 2 aromatic carbocycles. The summed E-state index contributed by atoms with van der Waals surface area (Å²) in [6, 6.07) is 13.0. The molecule has 1 unspecified atom stereocenters. The van der Waals surface area contributed by atoms with Gasteiger partial charge in [-0.05, 0) is 49.2 Å². The molecule has 110 valence electrons. The number of methoxy groups -OCH3 is 1. The summed E-state index contributed by atoms with van der Waals surface area (Å²) in [4.78, 5) is 12.4. The zero-order valence-electron chi connectivity index (χ0n) is 12.5. The lowest BCUT2D eigenvalue weighted by atomic mass is 9.99. The molecular formula is C17H20N2O2. The van der Waals surface area contributed by atoms with Crippen LogP contribution in [0.25, 0.3) is 0 Å². The zero-order valence-corrected chi connectivity index (χ0v) is 12.5. The Morgan fingerprint density at radius 3 is 2.67 bits per heavy atom. The van der Waals surface area contributed by atoms with E-state index in [1.165, 1.54) is 0 Å². The number of amides is 1. The van der Waals surface area contributed by atoms with Crippen LogP contribution in [0.3, 0.4) is 0 Å². The van der Waals surface area contributed by atoms with Crippen LogP contribution in [0.2, 0.25) is 0 Å². The predicted molar refractivity (Wildman–Crippen MR) is 85.6 cm³/mol. The van der Waals surface area contributed by atoms with E-state index in [0.29, 0.717) is 17.1 Å². The van der Waals surface area contributed by atoms with Crippen LogP contribution in [0.15, 0.2) is 42.5 Å². The van der Waals surface area contributed by atoms with E-state index < -0.39 is 0 Å². The fraction of sp³-hybridized carbons (Fsp3) is 0.235. The minimum Gasteiger partial charge on any atom is -0.495 e. The summed E-state index contributed by atoms with van der Waals surface area (Å²) in [6.45, 7) is 3.82. The van der Waals surface area contributed by atoms with E-state index in [1.54, 1.807) is 13.2 Å². The second-order valence-corrected chi connectivity index (χ2v) is 5.08. The number of anilines is 2. The smallest absolute Gasteiger partial charge is 0.231 e. The molecule has 0 aromatic heterocycles. The third kappa shape index (κ3) is 3.54. The monoisotopic (exact) mass is 284 g/mol. The molecule has 0 saturated carbocycles. The normalized spacial score (nSPS) is 11.8. The second kappa shape index (κ2) is 6.31. The first-order chi connectivity index (χ1) is 10.0. The number of nitrogens with one attached hydrogen (secondary N) is 1. The topological polar surface area (TPSA) is 64.3 Å². The molecule has 21 heavy (non-hydrogen) atoms. The van der Waals surface area contributed by atoms with Crippen molar-refractivity contribution < 1.29 is 9.53 Å². The van der Waals surface area contributed by atoms with Crippen LogP contribution in [-0.4, -0.2) is 13.0 Å². The molecule has 0 spiro atoms. The van der Waals surface area contributed by atoms with Gasteiger partial charge in [-0.2, -0.15) is 0 Å². The fourth-order valence-electron chi connectivity index (χ4n) is 2.14. The van der Waals surface area contributed by atoms with E-state index in [0.717, 1.165) is 11.1 Å². The van der Waals surface area contributed by atoms with Crippen molar-refractivity contribution in [2.75, 3.05) is 18.2 Å². The number of nitrogen functional groups attached to an aromatic ring is 1. The number of carbonyl (C=O) groups is 1.